The van der Waals surface area contributed by atoms with E-state index in [9.17, 15) is 4.79 Å². The molecule has 0 aliphatic carbocycles. The van der Waals surface area contributed by atoms with E-state index in [0.29, 0.717) is 10.0 Å². The van der Waals surface area contributed by atoms with E-state index in [-0.39, 0.29) is 12.3 Å². The molecule has 0 heterocycles. The molecule has 0 bridgehead atoms. The fourth-order valence-electron chi connectivity index (χ4n) is 1.30. The van der Waals surface area contributed by atoms with Crippen molar-refractivity contribution in [1.29, 1.82) is 0 Å². The van der Waals surface area contributed by atoms with Crippen LogP contribution in [0.3, 0.4) is 0 Å². The maximum Gasteiger partial charge on any atom is 0.141 e. The Hall–Kier alpha value is -0.570. The molecule has 82 valence electrons. The summed E-state index contributed by atoms with van der Waals surface area (Å²) >= 11 is 11.7. The van der Waals surface area contributed by atoms with Crippen LogP contribution in [0.25, 0.3) is 0 Å². The highest BCUT2D eigenvalue weighted by Crippen LogP contribution is 2.30. The lowest BCUT2D eigenvalue weighted by Gasteiger charge is -2.25. The molecular formula is C11H13Cl2NO. The molecule has 0 radical (unpaired) electrons. The van der Waals surface area contributed by atoms with Gasteiger partial charge in [-0.2, -0.15) is 0 Å². The van der Waals surface area contributed by atoms with Gasteiger partial charge >= 0.3 is 0 Å². The van der Waals surface area contributed by atoms with Crippen LogP contribution in [-0.4, -0.2) is 12.3 Å². The predicted octanol–water partition coefficient (Wildman–Crippen LogP) is 2.80. The van der Waals surface area contributed by atoms with Crippen LogP contribution in [0.15, 0.2) is 18.2 Å². The van der Waals surface area contributed by atoms with Crippen molar-refractivity contribution < 1.29 is 4.79 Å². The first-order chi connectivity index (χ1) is 6.91. The first kappa shape index (κ1) is 12.5. The largest absolute Gasteiger partial charge is 0.329 e. The van der Waals surface area contributed by atoms with Gasteiger partial charge in [-0.3, -0.25) is 4.79 Å². The molecule has 0 aromatic heterocycles. The molecule has 4 heteroatoms. The molecule has 0 aliphatic rings. The second kappa shape index (κ2) is 4.52. The average molecular weight is 246 g/mol. The normalized spacial score (nSPS) is 14.7. The third-order valence-electron chi connectivity index (χ3n) is 2.74. The summed E-state index contributed by atoms with van der Waals surface area (Å²) in [7, 11) is 0. The smallest absolute Gasteiger partial charge is 0.141 e. The Bertz CT molecular complexity index is 392. The van der Waals surface area contributed by atoms with Gasteiger partial charge in [0.2, 0.25) is 0 Å². The summed E-state index contributed by atoms with van der Waals surface area (Å²) in [6, 6.07) is 5.15. The zero-order valence-electron chi connectivity index (χ0n) is 8.68. The summed E-state index contributed by atoms with van der Waals surface area (Å²) < 4.78 is 0. The fraction of sp³-hybridized carbons (Fsp3) is 0.364. The van der Waals surface area contributed by atoms with E-state index in [0.717, 1.165) is 5.56 Å². The number of halogens is 2. The Morgan fingerprint density at radius 2 is 2.00 bits per heavy atom. The van der Waals surface area contributed by atoms with Gasteiger partial charge in [0.15, 0.2) is 0 Å². The molecule has 1 aromatic rings. The predicted molar refractivity (Wildman–Crippen MR) is 63.5 cm³/mol. The summed E-state index contributed by atoms with van der Waals surface area (Å²) in [6.07, 6.45) is 0. The molecule has 2 nitrogen and oxygen atoms in total. The van der Waals surface area contributed by atoms with E-state index in [4.69, 9.17) is 28.9 Å². The van der Waals surface area contributed by atoms with Crippen molar-refractivity contribution in [3.8, 4) is 0 Å². The SMILES string of the molecule is CC(=O)C(C)(CN)c1ccc(Cl)c(Cl)c1. The molecule has 2 N–H and O–H groups in total. The number of hydrogen-bond donors (Lipinski definition) is 1. The van der Waals surface area contributed by atoms with Crippen LogP contribution in [0.5, 0.6) is 0 Å². The summed E-state index contributed by atoms with van der Waals surface area (Å²) in [5, 5.41) is 0.915. The average Bonchev–Trinajstić information content (AvgIpc) is 2.20. The van der Waals surface area contributed by atoms with Crippen molar-refractivity contribution in [2.45, 2.75) is 19.3 Å². The highest BCUT2D eigenvalue weighted by atomic mass is 35.5. The Morgan fingerprint density at radius 3 is 2.40 bits per heavy atom. The molecular weight excluding hydrogens is 233 g/mol. The number of nitrogens with two attached hydrogens (primary N) is 1. The van der Waals surface area contributed by atoms with E-state index in [1.807, 2.05) is 0 Å². The van der Waals surface area contributed by atoms with Crippen LogP contribution >= 0.6 is 23.2 Å². The second-order valence-corrected chi connectivity index (χ2v) is 4.54. The summed E-state index contributed by atoms with van der Waals surface area (Å²) in [4.78, 5) is 11.5. The van der Waals surface area contributed by atoms with Crippen molar-refractivity contribution in [2.24, 2.45) is 5.73 Å². The molecule has 0 fully saturated rings. The van der Waals surface area contributed by atoms with Gasteiger partial charge in [0.05, 0.1) is 15.5 Å². The molecule has 0 amide bonds. The number of benzene rings is 1. The Labute approximate surface area is 99.4 Å². The van der Waals surface area contributed by atoms with Crippen LogP contribution in [0.1, 0.15) is 19.4 Å². The van der Waals surface area contributed by atoms with Crippen molar-refractivity contribution >= 4 is 29.0 Å². The third kappa shape index (κ3) is 2.33. The quantitative estimate of drug-likeness (QED) is 0.891. The molecule has 1 rings (SSSR count). The van der Waals surface area contributed by atoms with E-state index < -0.39 is 5.41 Å². The minimum Gasteiger partial charge on any atom is -0.329 e. The van der Waals surface area contributed by atoms with Crippen molar-refractivity contribution in [3.63, 3.8) is 0 Å². The molecule has 15 heavy (non-hydrogen) atoms. The monoisotopic (exact) mass is 245 g/mol. The van der Waals surface area contributed by atoms with Crippen LogP contribution in [0.2, 0.25) is 10.0 Å². The first-order valence-corrected chi connectivity index (χ1v) is 5.34. The molecule has 1 atom stereocenters. The lowest BCUT2D eigenvalue weighted by molar-refractivity contribution is -0.121. The Kier molecular flexibility index (Phi) is 3.77. The van der Waals surface area contributed by atoms with Gasteiger partial charge in [0, 0.05) is 6.54 Å². The van der Waals surface area contributed by atoms with Gasteiger partial charge in [0.1, 0.15) is 5.78 Å². The van der Waals surface area contributed by atoms with Crippen LogP contribution in [0, 0.1) is 0 Å². The van der Waals surface area contributed by atoms with E-state index >= 15 is 0 Å². The summed E-state index contributed by atoms with van der Waals surface area (Å²) in [6.45, 7) is 3.57. The molecule has 0 saturated carbocycles. The van der Waals surface area contributed by atoms with E-state index in [1.54, 1.807) is 25.1 Å². The Morgan fingerprint density at radius 1 is 1.40 bits per heavy atom. The minimum absolute atomic E-state index is 0.0170. The van der Waals surface area contributed by atoms with Crippen molar-refractivity contribution in [3.05, 3.63) is 33.8 Å². The molecule has 1 aromatic carbocycles. The zero-order chi connectivity index (χ0) is 11.6. The second-order valence-electron chi connectivity index (χ2n) is 3.72. The van der Waals surface area contributed by atoms with Crippen molar-refractivity contribution in [2.75, 3.05) is 6.54 Å². The number of Topliss-reactive ketones (excluding diaryl/α,β-unsaturated/α-hetero) is 1. The van der Waals surface area contributed by atoms with Gasteiger partial charge in [0.25, 0.3) is 0 Å². The number of carbonyl (C=O) groups excluding carboxylic acids is 1. The van der Waals surface area contributed by atoms with Gasteiger partial charge < -0.3 is 5.73 Å². The molecule has 0 saturated heterocycles. The summed E-state index contributed by atoms with van der Waals surface area (Å²) in [5.41, 5.74) is 5.74. The maximum absolute atomic E-state index is 11.5. The number of hydrogen-bond acceptors (Lipinski definition) is 2. The van der Waals surface area contributed by atoms with Crippen LogP contribution in [0.4, 0.5) is 0 Å². The van der Waals surface area contributed by atoms with Crippen LogP contribution in [-0.2, 0) is 10.2 Å². The van der Waals surface area contributed by atoms with Gasteiger partial charge in [-0.1, -0.05) is 29.3 Å². The van der Waals surface area contributed by atoms with Crippen molar-refractivity contribution in [1.82, 2.24) is 0 Å². The number of rotatable bonds is 3. The number of carbonyl (C=O) groups is 1. The Balaban J connectivity index is 3.25. The van der Waals surface area contributed by atoms with Crippen LogP contribution < -0.4 is 5.73 Å². The minimum atomic E-state index is -0.686. The lowest BCUT2D eigenvalue weighted by atomic mass is 9.79. The van der Waals surface area contributed by atoms with E-state index in [2.05, 4.69) is 0 Å². The third-order valence-corrected chi connectivity index (χ3v) is 3.48. The van der Waals surface area contributed by atoms with Gasteiger partial charge in [-0.05, 0) is 31.5 Å². The maximum atomic E-state index is 11.5. The lowest BCUT2D eigenvalue weighted by Crippen LogP contribution is -2.38. The highest BCUT2D eigenvalue weighted by molar-refractivity contribution is 6.42. The van der Waals surface area contributed by atoms with Gasteiger partial charge in [-0.25, -0.2) is 0 Å². The number of ketones is 1. The standard InChI is InChI=1S/C11H13Cl2NO/c1-7(15)11(2,6-14)8-3-4-9(12)10(13)5-8/h3-5H,6,14H2,1-2H3. The first-order valence-electron chi connectivity index (χ1n) is 4.58. The zero-order valence-corrected chi connectivity index (χ0v) is 10.2. The molecule has 0 spiro atoms. The van der Waals surface area contributed by atoms with Gasteiger partial charge in [-0.15, -0.1) is 0 Å². The summed E-state index contributed by atoms with van der Waals surface area (Å²) in [5.74, 6) is 0.0170. The van der Waals surface area contributed by atoms with E-state index in [1.165, 1.54) is 6.92 Å². The fourth-order valence-corrected chi connectivity index (χ4v) is 1.60. The highest BCUT2D eigenvalue weighted by Gasteiger charge is 2.30. The molecule has 1 unspecified atom stereocenters. The molecule has 0 aliphatic heterocycles. The topological polar surface area (TPSA) is 43.1 Å².